The number of esters is 2. The van der Waals surface area contributed by atoms with Gasteiger partial charge in [-0.1, -0.05) is 182 Å². The Morgan fingerprint density at radius 3 is 1.29 bits per heavy atom. The van der Waals surface area contributed by atoms with Crippen LogP contribution in [0.15, 0.2) is 0 Å². The molecule has 0 aliphatic rings. The molecule has 0 aliphatic carbocycles. The van der Waals surface area contributed by atoms with Crippen LogP contribution in [0.3, 0.4) is 0 Å². The topological polar surface area (TPSA) is 76.1 Å². The smallest absolute Gasteiger partial charge is 0.306 e. The van der Waals surface area contributed by atoms with Crippen LogP contribution in [0.2, 0.25) is 0 Å². The highest BCUT2D eigenvalue weighted by molar-refractivity contribution is 5.69. The lowest BCUT2D eigenvalue weighted by Crippen LogP contribution is -2.27. The van der Waals surface area contributed by atoms with E-state index in [9.17, 15) is 14.7 Å². The molecule has 0 atom stereocenters. The minimum Gasteiger partial charge on any atom is -0.466 e. The molecule has 0 aliphatic heterocycles. The van der Waals surface area contributed by atoms with Crippen molar-refractivity contribution in [2.45, 2.75) is 271 Å². The van der Waals surface area contributed by atoms with E-state index in [1.165, 1.54) is 167 Å². The molecule has 0 saturated heterocycles. The molecule has 1 N–H and O–H groups in total. The third kappa shape index (κ3) is 39.7. The molecular formula is C50H99NO5. The predicted molar refractivity (Wildman–Crippen MR) is 241 cm³/mol. The summed E-state index contributed by atoms with van der Waals surface area (Å²) in [6, 6.07) is 0. The maximum Gasteiger partial charge on any atom is 0.306 e. The van der Waals surface area contributed by atoms with Crippen LogP contribution in [-0.2, 0) is 19.1 Å². The zero-order chi connectivity index (χ0) is 41.0. The fourth-order valence-corrected chi connectivity index (χ4v) is 8.08. The Bertz CT molecular complexity index is 780. The van der Waals surface area contributed by atoms with Gasteiger partial charge in [-0.3, -0.25) is 9.59 Å². The Kier molecular flexibility index (Phi) is 44.0. The molecule has 334 valence electrons. The van der Waals surface area contributed by atoms with Crippen LogP contribution in [-0.4, -0.2) is 60.9 Å². The van der Waals surface area contributed by atoms with Gasteiger partial charge in [-0.15, -0.1) is 0 Å². The van der Waals surface area contributed by atoms with E-state index in [1.54, 1.807) is 0 Å². The predicted octanol–water partition coefficient (Wildman–Crippen LogP) is 14.9. The molecule has 0 radical (unpaired) electrons. The van der Waals surface area contributed by atoms with Crippen molar-refractivity contribution in [2.24, 2.45) is 5.92 Å². The molecule has 0 heterocycles. The van der Waals surface area contributed by atoms with Gasteiger partial charge in [-0.25, -0.2) is 0 Å². The number of aliphatic hydroxyl groups excluding tert-OH is 1. The molecule has 0 rings (SSSR count). The van der Waals surface area contributed by atoms with Crippen LogP contribution in [0.5, 0.6) is 0 Å². The minimum absolute atomic E-state index is 0.00731. The molecule has 0 bridgehead atoms. The zero-order valence-electron chi connectivity index (χ0n) is 38.4. The molecule has 56 heavy (non-hydrogen) atoms. The Morgan fingerprint density at radius 1 is 0.429 bits per heavy atom. The first-order valence-electron chi connectivity index (χ1n) is 25.2. The van der Waals surface area contributed by atoms with Gasteiger partial charge in [0, 0.05) is 19.4 Å². The third-order valence-corrected chi connectivity index (χ3v) is 11.9. The van der Waals surface area contributed by atoms with Gasteiger partial charge >= 0.3 is 11.9 Å². The molecule has 0 aromatic rings. The summed E-state index contributed by atoms with van der Waals surface area (Å²) < 4.78 is 11.7. The van der Waals surface area contributed by atoms with E-state index in [-0.39, 0.29) is 24.6 Å². The quantitative estimate of drug-likeness (QED) is 0.0489. The van der Waals surface area contributed by atoms with Crippen molar-refractivity contribution in [1.82, 2.24) is 4.90 Å². The number of unbranched alkanes of at least 4 members (excludes halogenated alkanes) is 23. The highest BCUT2D eigenvalue weighted by atomic mass is 16.5. The van der Waals surface area contributed by atoms with Crippen molar-refractivity contribution in [3.63, 3.8) is 0 Å². The summed E-state index contributed by atoms with van der Waals surface area (Å²) in [6.45, 7) is 13.2. The van der Waals surface area contributed by atoms with E-state index in [4.69, 9.17) is 9.47 Å². The van der Waals surface area contributed by atoms with Gasteiger partial charge in [0.15, 0.2) is 0 Å². The average Bonchev–Trinajstić information content (AvgIpc) is 3.19. The van der Waals surface area contributed by atoms with Crippen LogP contribution in [0.1, 0.15) is 265 Å². The van der Waals surface area contributed by atoms with Gasteiger partial charge in [0.2, 0.25) is 0 Å². The van der Waals surface area contributed by atoms with Gasteiger partial charge in [0.05, 0.1) is 6.61 Å². The lowest BCUT2D eigenvalue weighted by molar-refractivity contribution is -0.150. The molecule has 0 aromatic carbocycles. The first-order valence-corrected chi connectivity index (χ1v) is 25.2. The molecular weight excluding hydrogens is 695 g/mol. The highest BCUT2D eigenvalue weighted by Crippen LogP contribution is 2.22. The standard InChI is InChI=1S/C50H99NO5/c1-5-9-13-15-19-27-37-48(38-28-20-16-14-10-6-2)56-50(54)40-30-22-18-24-32-43-51(44-33-34-45-52)42-31-23-17-21-29-39-49(53)55-46-41-47(35-25-11-7-3)36-26-12-8-4/h47-48,52H,5-46H2,1-4H3. The fourth-order valence-electron chi connectivity index (χ4n) is 8.08. The summed E-state index contributed by atoms with van der Waals surface area (Å²) in [4.78, 5) is 27.7. The van der Waals surface area contributed by atoms with Gasteiger partial charge < -0.3 is 19.5 Å². The molecule has 0 aromatic heterocycles. The summed E-state index contributed by atoms with van der Waals surface area (Å²) >= 11 is 0. The van der Waals surface area contributed by atoms with Crippen LogP contribution in [0.25, 0.3) is 0 Å². The number of nitrogens with zero attached hydrogens (tertiary/aromatic N) is 1. The molecule has 0 amide bonds. The van der Waals surface area contributed by atoms with E-state index in [2.05, 4.69) is 32.6 Å². The number of aliphatic hydroxyl groups is 1. The van der Waals surface area contributed by atoms with Crippen molar-refractivity contribution in [3.8, 4) is 0 Å². The monoisotopic (exact) mass is 794 g/mol. The first kappa shape index (κ1) is 54.9. The lowest BCUT2D eigenvalue weighted by Gasteiger charge is -2.22. The minimum atomic E-state index is -0.00731. The van der Waals surface area contributed by atoms with Crippen LogP contribution < -0.4 is 0 Å². The maximum absolute atomic E-state index is 12.8. The maximum atomic E-state index is 12.8. The highest BCUT2D eigenvalue weighted by Gasteiger charge is 2.15. The molecule has 0 spiro atoms. The number of hydrogen-bond acceptors (Lipinski definition) is 6. The Hall–Kier alpha value is -1.14. The second kappa shape index (κ2) is 45.0. The van der Waals surface area contributed by atoms with Crippen molar-refractivity contribution in [1.29, 1.82) is 0 Å². The third-order valence-electron chi connectivity index (χ3n) is 11.9. The van der Waals surface area contributed by atoms with Gasteiger partial charge in [-0.2, -0.15) is 0 Å². The summed E-state index contributed by atoms with van der Waals surface area (Å²) in [5.74, 6) is 0.729. The van der Waals surface area contributed by atoms with Gasteiger partial charge in [0.25, 0.3) is 0 Å². The fraction of sp³-hybridized carbons (Fsp3) is 0.960. The average molecular weight is 794 g/mol. The number of hydrogen-bond donors (Lipinski definition) is 1. The summed E-state index contributed by atoms with van der Waals surface area (Å²) in [7, 11) is 0. The van der Waals surface area contributed by atoms with E-state index < -0.39 is 0 Å². The second-order valence-electron chi connectivity index (χ2n) is 17.4. The van der Waals surface area contributed by atoms with E-state index in [0.717, 1.165) is 77.4 Å². The van der Waals surface area contributed by atoms with Crippen LogP contribution >= 0.6 is 0 Å². The Balaban J connectivity index is 4.22. The normalized spacial score (nSPS) is 11.7. The van der Waals surface area contributed by atoms with Crippen LogP contribution in [0, 0.1) is 5.92 Å². The van der Waals surface area contributed by atoms with Gasteiger partial charge in [0.1, 0.15) is 6.10 Å². The lowest BCUT2D eigenvalue weighted by atomic mass is 9.92. The molecule has 6 nitrogen and oxygen atoms in total. The first-order chi connectivity index (χ1) is 27.5. The SMILES string of the molecule is CCCCCCCCC(CCCCCCCC)OC(=O)CCCCCCCN(CCCCO)CCCCCCCC(=O)OCCC(CCCCC)CCCCC. The number of carbonyl (C=O) groups is 2. The van der Waals surface area contributed by atoms with Crippen molar-refractivity contribution in [2.75, 3.05) is 32.8 Å². The number of ether oxygens (including phenoxy) is 2. The summed E-state index contributed by atoms with van der Waals surface area (Å²) in [5, 5.41) is 9.31. The summed E-state index contributed by atoms with van der Waals surface area (Å²) in [5.41, 5.74) is 0. The van der Waals surface area contributed by atoms with E-state index in [1.807, 2.05) is 0 Å². The number of carbonyl (C=O) groups excluding carboxylic acids is 2. The van der Waals surface area contributed by atoms with E-state index in [0.29, 0.717) is 25.4 Å². The van der Waals surface area contributed by atoms with Crippen molar-refractivity contribution in [3.05, 3.63) is 0 Å². The number of rotatable bonds is 46. The van der Waals surface area contributed by atoms with Gasteiger partial charge in [-0.05, 0) is 96.2 Å². The molecule has 6 heteroatoms. The Morgan fingerprint density at radius 2 is 0.804 bits per heavy atom. The molecule has 0 unspecified atom stereocenters. The van der Waals surface area contributed by atoms with Crippen molar-refractivity contribution >= 4 is 11.9 Å². The largest absolute Gasteiger partial charge is 0.466 e. The Labute approximate surface area is 350 Å². The summed E-state index contributed by atoms with van der Waals surface area (Å²) in [6.07, 6.45) is 43.3. The van der Waals surface area contributed by atoms with Crippen molar-refractivity contribution < 1.29 is 24.2 Å². The second-order valence-corrected chi connectivity index (χ2v) is 17.4. The van der Waals surface area contributed by atoms with E-state index >= 15 is 0 Å². The van der Waals surface area contributed by atoms with Crippen LogP contribution in [0.4, 0.5) is 0 Å². The zero-order valence-corrected chi connectivity index (χ0v) is 38.4. The molecule has 0 saturated carbocycles. The molecule has 0 fully saturated rings.